The lowest BCUT2D eigenvalue weighted by molar-refractivity contribution is -0.133. The number of carbonyl (C=O) groups is 1. The van der Waals surface area contributed by atoms with Crippen molar-refractivity contribution in [2.24, 2.45) is 0 Å². The van der Waals surface area contributed by atoms with Crippen molar-refractivity contribution in [2.45, 2.75) is 24.3 Å². The maximum absolute atomic E-state index is 12.6. The van der Waals surface area contributed by atoms with Gasteiger partial charge in [-0.2, -0.15) is 0 Å². The quantitative estimate of drug-likeness (QED) is 0.697. The molecule has 1 fully saturated rings. The molecule has 1 N–H and O–H groups in total. The van der Waals surface area contributed by atoms with Gasteiger partial charge in [0, 0.05) is 39.1 Å². The summed E-state index contributed by atoms with van der Waals surface area (Å²) < 4.78 is 36.7. The fraction of sp³-hybridized carbons (Fsp3) is 0.409. The van der Waals surface area contributed by atoms with E-state index in [0.29, 0.717) is 25.9 Å². The molecule has 0 spiro atoms. The highest BCUT2D eigenvalue weighted by molar-refractivity contribution is 7.89. The van der Waals surface area contributed by atoms with Gasteiger partial charge >= 0.3 is 0 Å². The molecule has 0 aliphatic carbocycles. The first-order valence-corrected chi connectivity index (χ1v) is 11.8. The molecule has 8 nitrogen and oxygen atoms in total. The Morgan fingerprint density at radius 3 is 2.35 bits per heavy atom. The number of fused-ring (bicyclic) bond motifs is 1. The predicted molar refractivity (Wildman–Crippen MR) is 115 cm³/mol. The number of nitrogens with one attached hydrogen (secondary N) is 1. The van der Waals surface area contributed by atoms with E-state index in [9.17, 15) is 13.2 Å². The molecular weight excluding hydrogens is 418 g/mol. The lowest BCUT2D eigenvalue weighted by Crippen LogP contribution is -2.48. The summed E-state index contributed by atoms with van der Waals surface area (Å²) in [5.74, 6) is 1.72. The molecule has 2 aromatic rings. The SMILES string of the molecule is CNS(=O)(=O)c1ccc(CCC(=O)N2CCN(Cc3ccc4c(c3)OCO4)CC2)cc1. The van der Waals surface area contributed by atoms with Crippen LogP contribution in [0.5, 0.6) is 11.5 Å². The number of hydrogen-bond donors (Lipinski definition) is 1. The van der Waals surface area contributed by atoms with Crippen molar-refractivity contribution in [3.05, 3.63) is 53.6 Å². The van der Waals surface area contributed by atoms with Crippen LogP contribution in [0.4, 0.5) is 0 Å². The summed E-state index contributed by atoms with van der Waals surface area (Å²) in [6.45, 7) is 4.18. The lowest BCUT2D eigenvalue weighted by atomic mass is 10.1. The van der Waals surface area contributed by atoms with Crippen LogP contribution in [0.25, 0.3) is 0 Å². The number of aryl methyl sites for hydroxylation is 1. The second-order valence-corrected chi connectivity index (χ2v) is 9.58. The van der Waals surface area contributed by atoms with Crippen molar-refractivity contribution in [2.75, 3.05) is 40.0 Å². The molecule has 0 unspecified atom stereocenters. The smallest absolute Gasteiger partial charge is 0.240 e. The molecule has 31 heavy (non-hydrogen) atoms. The van der Waals surface area contributed by atoms with Gasteiger partial charge in [-0.3, -0.25) is 9.69 Å². The Morgan fingerprint density at radius 1 is 0.968 bits per heavy atom. The predicted octanol–water partition coefficient (Wildman–Crippen LogP) is 1.60. The first kappa shape index (κ1) is 21.6. The van der Waals surface area contributed by atoms with E-state index >= 15 is 0 Å². The van der Waals surface area contributed by atoms with Crippen molar-refractivity contribution in [1.82, 2.24) is 14.5 Å². The molecule has 166 valence electrons. The third kappa shape index (κ3) is 5.17. The highest BCUT2D eigenvalue weighted by Crippen LogP contribution is 2.32. The zero-order valence-corrected chi connectivity index (χ0v) is 18.4. The van der Waals surface area contributed by atoms with E-state index in [4.69, 9.17) is 9.47 Å². The van der Waals surface area contributed by atoms with Gasteiger partial charge in [0.05, 0.1) is 4.90 Å². The van der Waals surface area contributed by atoms with E-state index in [1.807, 2.05) is 17.0 Å². The van der Waals surface area contributed by atoms with E-state index in [2.05, 4.69) is 15.7 Å². The van der Waals surface area contributed by atoms with Gasteiger partial charge < -0.3 is 14.4 Å². The van der Waals surface area contributed by atoms with Gasteiger partial charge in [0.15, 0.2) is 11.5 Å². The average molecular weight is 446 g/mol. The number of sulfonamides is 1. The molecular formula is C22H27N3O5S. The minimum absolute atomic E-state index is 0.134. The largest absolute Gasteiger partial charge is 0.454 e. The number of ether oxygens (including phenoxy) is 2. The average Bonchev–Trinajstić information content (AvgIpc) is 3.26. The molecule has 0 radical (unpaired) electrons. The van der Waals surface area contributed by atoms with Gasteiger partial charge in [0.2, 0.25) is 22.7 Å². The van der Waals surface area contributed by atoms with Crippen molar-refractivity contribution in [3.8, 4) is 11.5 Å². The van der Waals surface area contributed by atoms with Crippen LogP contribution < -0.4 is 14.2 Å². The number of rotatable bonds is 7. The molecule has 4 rings (SSSR count). The van der Waals surface area contributed by atoms with E-state index < -0.39 is 10.0 Å². The van der Waals surface area contributed by atoms with Gasteiger partial charge in [-0.05, 0) is 48.9 Å². The van der Waals surface area contributed by atoms with Crippen LogP contribution in [0.3, 0.4) is 0 Å². The number of carbonyl (C=O) groups excluding carboxylic acids is 1. The zero-order chi connectivity index (χ0) is 21.8. The summed E-state index contributed by atoms with van der Waals surface area (Å²) >= 11 is 0. The Hall–Kier alpha value is -2.62. The lowest BCUT2D eigenvalue weighted by Gasteiger charge is -2.35. The van der Waals surface area contributed by atoms with Crippen LogP contribution in [-0.4, -0.2) is 64.1 Å². The summed E-state index contributed by atoms with van der Waals surface area (Å²) in [5, 5.41) is 0. The standard InChI is InChI=1S/C22H27N3O5S/c1-23-31(27,28)19-6-2-17(3-7-19)5-9-22(26)25-12-10-24(11-13-25)15-18-4-8-20-21(14-18)30-16-29-20/h2-4,6-8,14,23H,5,9-13,15-16H2,1H3. The molecule has 2 aliphatic heterocycles. The van der Waals surface area contributed by atoms with Crippen LogP contribution in [0.15, 0.2) is 47.4 Å². The molecule has 0 atom stereocenters. The fourth-order valence-corrected chi connectivity index (χ4v) is 4.55. The molecule has 0 saturated carbocycles. The van der Waals surface area contributed by atoms with Crippen LogP contribution in [-0.2, 0) is 27.8 Å². The Labute approximate surface area is 182 Å². The molecule has 0 bridgehead atoms. The second kappa shape index (κ2) is 9.25. The minimum atomic E-state index is -3.44. The summed E-state index contributed by atoms with van der Waals surface area (Å²) in [5.41, 5.74) is 2.12. The van der Waals surface area contributed by atoms with E-state index in [1.165, 1.54) is 12.6 Å². The second-order valence-electron chi connectivity index (χ2n) is 7.70. The highest BCUT2D eigenvalue weighted by atomic mass is 32.2. The third-order valence-electron chi connectivity index (χ3n) is 5.70. The van der Waals surface area contributed by atoms with Crippen LogP contribution in [0, 0.1) is 0 Å². The van der Waals surface area contributed by atoms with E-state index in [-0.39, 0.29) is 17.6 Å². The van der Waals surface area contributed by atoms with Crippen molar-refractivity contribution in [1.29, 1.82) is 0 Å². The minimum Gasteiger partial charge on any atom is -0.454 e. The highest BCUT2D eigenvalue weighted by Gasteiger charge is 2.22. The number of nitrogens with zero attached hydrogens (tertiary/aromatic N) is 2. The van der Waals surface area contributed by atoms with Crippen molar-refractivity contribution in [3.63, 3.8) is 0 Å². The number of amides is 1. The van der Waals surface area contributed by atoms with Crippen LogP contribution in [0.2, 0.25) is 0 Å². The maximum Gasteiger partial charge on any atom is 0.240 e. The summed E-state index contributed by atoms with van der Waals surface area (Å²) in [6.07, 6.45) is 1.01. The molecule has 2 heterocycles. The molecule has 0 aromatic heterocycles. The molecule has 9 heteroatoms. The van der Waals surface area contributed by atoms with Gasteiger partial charge in [-0.15, -0.1) is 0 Å². The van der Waals surface area contributed by atoms with Gasteiger partial charge in [-0.1, -0.05) is 18.2 Å². The maximum atomic E-state index is 12.6. The first-order chi connectivity index (χ1) is 14.9. The number of piperazine rings is 1. The normalized spacial score (nSPS) is 16.5. The fourth-order valence-electron chi connectivity index (χ4n) is 3.82. The first-order valence-electron chi connectivity index (χ1n) is 10.4. The van der Waals surface area contributed by atoms with Crippen molar-refractivity contribution < 1.29 is 22.7 Å². The van der Waals surface area contributed by atoms with Gasteiger partial charge in [0.1, 0.15) is 0 Å². The van der Waals surface area contributed by atoms with Gasteiger partial charge in [-0.25, -0.2) is 13.1 Å². The van der Waals surface area contributed by atoms with Crippen LogP contribution in [0.1, 0.15) is 17.5 Å². The van der Waals surface area contributed by atoms with Crippen molar-refractivity contribution >= 4 is 15.9 Å². The zero-order valence-electron chi connectivity index (χ0n) is 17.5. The molecule has 2 aromatic carbocycles. The van der Waals surface area contributed by atoms with Gasteiger partial charge in [0.25, 0.3) is 0 Å². The molecule has 1 saturated heterocycles. The molecule has 2 aliphatic rings. The Morgan fingerprint density at radius 2 is 1.65 bits per heavy atom. The Balaban J connectivity index is 1.23. The third-order valence-corrected chi connectivity index (χ3v) is 7.13. The van der Waals surface area contributed by atoms with E-state index in [1.54, 1.807) is 24.3 Å². The Bertz CT molecular complexity index is 1030. The monoisotopic (exact) mass is 445 g/mol. The van der Waals surface area contributed by atoms with Crippen LogP contribution >= 0.6 is 0 Å². The summed E-state index contributed by atoms with van der Waals surface area (Å²) in [4.78, 5) is 17.1. The number of hydrogen-bond acceptors (Lipinski definition) is 6. The molecule has 1 amide bonds. The summed E-state index contributed by atoms with van der Waals surface area (Å²) in [6, 6.07) is 12.7. The Kier molecular flexibility index (Phi) is 6.45. The number of benzene rings is 2. The summed E-state index contributed by atoms with van der Waals surface area (Å²) in [7, 11) is -2.05. The topological polar surface area (TPSA) is 88.2 Å². The van der Waals surface area contributed by atoms with E-state index in [0.717, 1.165) is 36.7 Å².